The number of thiocarbonyl (C=S) groups is 1. The fourth-order valence-electron chi connectivity index (χ4n) is 4.27. The van der Waals surface area contributed by atoms with Crippen molar-refractivity contribution in [3.8, 4) is 0 Å². The van der Waals surface area contributed by atoms with E-state index < -0.39 is 10.8 Å². The molecule has 2 fully saturated rings. The fourth-order valence-corrected chi connectivity index (χ4v) is 4.76. The normalized spacial score (nSPS) is 16.1. The number of benzene rings is 2. The molecule has 0 saturated carbocycles. The zero-order valence-corrected chi connectivity index (χ0v) is 20.2. The van der Waals surface area contributed by atoms with Gasteiger partial charge in [0, 0.05) is 37.8 Å². The molecule has 11 heteroatoms. The lowest BCUT2D eigenvalue weighted by atomic mass is 10.1. The van der Waals surface area contributed by atoms with Gasteiger partial charge in [-0.1, -0.05) is 17.7 Å². The number of nitro groups is 1. The molecule has 0 bridgehead atoms. The van der Waals surface area contributed by atoms with E-state index in [4.69, 9.17) is 28.6 Å². The van der Waals surface area contributed by atoms with Gasteiger partial charge in [-0.25, -0.2) is 0 Å². The van der Waals surface area contributed by atoms with Crippen molar-refractivity contribution in [1.82, 2.24) is 5.32 Å². The molecule has 9 nitrogen and oxygen atoms in total. The van der Waals surface area contributed by atoms with Crippen LogP contribution in [0.2, 0.25) is 5.02 Å². The molecule has 2 saturated heterocycles. The minimum absolute atomic E-state index is 0.0736. The molecule has 0 atom stereocenters. The number of halogens is 1. The van der Waals surface area contributed by atoms with Gasteiger partial charge in [-0.15, -0.1) is 0 Å². The number of hydrogen-bond acceptors (Lipinski definition) is 7. The first-order valence-electron chi connectivity index (χ1n) is 11.2. The van der Waals surface area contributed by atoms with E-state index in [-0.39, 0.29) is 16.4 Å². The van der Waals surface area contributed by atoms with Crippen LogP contribution >= 0.6 is 23.8 Å². The van der Waals surface area contributed by atoms with Gasteiger partial charge in [-0.3, -0.25) is 20.2 Å². The number of ether oxygens (including phenoxy) is 1. The lowest BCUT2D eigenvalue weighted by Crippen LogP contribution is -2.38. The van der Waals surface area contributed by atoms with E-state index in [9.17, 15) is 14.9 Å². The van der Waals surface area contributed by atoms with E-state index in [1.54, 1.807) is 24.3 Å². The Hall–Kier alpha value is -2.95. The summed E-state index contributed by atoms with van der Waals surface area (Å²) in [6, 6.07) is 9.95. The molecule has 0 radical (unpaired) electrons. The third-order valence-corrected chi connectivity index (χ3v) is 6.43. The predicted molar refractivity (Wildman–Crippen MR) is 137 cm³/mol. The maximum atomic E-state index is 12.8. The number of piperidine rings is 1. The fraction of sp³-hybridized carbons (Fsp3) is 0.391. The molecule has 2 heterocycles. The van der Waals surface area contributed by atoms with Gasteiger partial charge in [0.2, 0.25) is 0 Å². The minimum atomic E-state index is -0.527. The number of carbonyl (C=O) groups excluding carboxylic acids is 1. The molecule has 0 aromatic heterocycles. The van der Waals surface area contributed by atoms with Gasteiger partial charge < -0.3 is 19.9 Å². The van der Waals surface area contributed by atoms with Crippen molar-refractivity contribution in [2.75, 3.05) is 54.5 Å². The van der Waals surface area contributed by atoms with Crippen molar-refractivity contribution >= 4 is 57.6 Å². The highest BCUT2D eigenvalue weighted by atomic mass is 35.5. The van der Waals surface area contributed by atoms with Crippen LogP contribution in [0.1, 0.15) is 29.6 Å². The second-order valence-electron chi connectivity index (χ2n) is 8.15. The van der Waals surface area contributed by atoms with Gasteiger partial charge in [-0.2, -0.15) is 0 Å². The Morgan fingerprint density at radius 2 is 1.79 bits per heavy atom. The lowest BCUT2D eigenvalue weighted by Gasteiger charge is -2.31. The number of nitrogens with one attached hydrogen (secondary N) is 2. The number of anilines is 3. The number of carbonyl (C=O) groups is 1. The molecule has 0 spiro atoms. The topological polar surface area (TPSA) is 100.0 Å². The molecule has 34 heavy (non-hydrogen) atoms. The maximum absolute atomic E-state index is 12.8. The molecule has 2 N–H and O–H groups in total. The average molecular weight is 504 g/mol. The first-order valence-corrected chi connectivity index (χ1v) is 12.0. The van der Waals surface area contributed by atoms with Crippen molar-refractivity contribution < 1.29 is 14.5 Å². The van der Waals surface area contributed by atoms with Crippen LogP contribution < -0.4 is 20.4 Å². The lowest BCUT2D eigenvalue weighted by molar-refractivity contribution is -0.384. The first-order chi connectivity index (χ1) is 16.4. The molecule has 0 aliphatic carbocycles. The number of para-hydroxylation sites is 1. The Bertz CT molecular complexity index is 1090. The molecular weight excluding hydrogens is 478 g/mol. The Labute approximate surface area is 208 Å². The molecule has 0 unspecified atom stereocenters. The number of nitrogens with zero attached hydrogens (tertiary/aromatic N) is 3. The van der Waals surface area contributed by atoms with E-state index in [0.29, 0.717) is 42.7 Å². The van der Waals surface area contributed by atoms with Crippen LogP contribution in [0.15, 0.2) is 36.4 Å². The largest absolute Gasteiger partial charge is 0.378 e. The number of nitro benzene ring substituents is 1. The van der Waals surface area contributed by atoms with E-state index in [1.165, 1.54) is 6.07 Å². The number of morpholine rings is 1. The van der Waals surface area contributed by atoms with E-state index in [2.05, 4.69) is 15.5 Å². The van der Waals surface area contributed by atoms with Crippen molar-refractivity contribution in [3.05, 3.63) is 57.1 Å². The van der Waals surface area contributed by atoms with Crippen molar-refractivity contribution in [2.45, 2.75) is 19.3 Å². The third kappa shape index (κ3) is 5.57. The third-order valence-electron chi connectivity index (χ3n) is 5.92. The molecule has 2 aliphatic heterocycles. The second kappa shape index (κ2) is 11.0. The Kier molecular flexibility index (Phi) is 7.81. The van der Waals surface area contributed by atoms with Crippen molar-refractivity contribution in [1.29, 1.82) is 0 Å². The van der Waals surface area contributed by atoms with Crippen LogP contribution in [-0.4, -0.2) is 55.3 Å². The first kappa shape index (κ1) is 24.2. The molecular formula is C23H26ClN5O4S. The molecule has 2 aromatic carbocycles. The van der Waals surface area contributed by atoms with Crippen LogP contribution in [0.3, 0.4) is 0 Å². The Morgan fingerprint density at radius 3 is 2.50 bits per heavy atom. The van der Waals surface area contributed by atoms with E-state index in [1.807, 2.05) is 11.0 Å². The highest BCUT2D eigenvalue weighted by Gasteiger charge is 2.24. The highest BCUT2D eigenvalue weighted by molar-refractivity contribution is 7.80. The summed E-state index contributed by atoms with van der Waals surface area (Å²) in [7, 11) is 0. The van der Waals surface area contributed by atoms with E-state index in [0.717, 1.165) is 38.0 Å². The smallest absolute Gasteiger partial charge is 0.293 e. The number of rotatable bonds is 5. The summed E-state index contributed by atoms with van der Waals surface area (Å²) < 4.78 is 5.42. The second-order valence-corrected chi connectivity index (χ2v) is 8.97. The van der Waals surface area contributed by atoms with E-state index >= 15 is 0 Å². The summed E-state index contributed by atoms with van der Waals surface area (Å²) in [4.78, 5) is 28.2. The number of hydrogen-bond donors (Lipinski definition) is 2. The summed E-state index contributed by atoms with van der Waals surface area (Å²) in [5.74, 6) is -0.527. The minimum Gasteiger partial charge on any atom is -0.378 e. The molecule has 4 rings (SSSR count). The standard InChI is InChI=1S/C23H26ClN5O4S/c24-17-5-4-6-18(21(17)28-11-13-33-14-12-28)25-23(34)26-22(30)16-7-8-19(20(15-16)29(31)32)27-9-2-1-3-10-27/h4-8,15H,1-3,9-14H2,(H2,25,26,30,34). The van der Waals surface area contributed by atoms with Crippen LogP contribution in [0, 0.1) is 10.1 Å². The average Bonchev–Trinajstić information content (AvgIpc) is 2.84. The van der Waals surface area contributed by atoms with Gasteiger partial charge in [0.25, 0.3) is 11.6 Å². The molecule has 180 valence electrons. The van der Waals surface area contributed by atoms with Gasteiger partial charge in [0.1, 0.15) is 5.69 Å². The van der Waals surface area contributed by atoms with Gasteiger partial charge in [0.15, 0.2) is 5.11 Å². The zero-order valence-electron chi connectivity index (χ0n) is 18.6. The summed E-state index contributed by atoms with van der Waals surface area (Å²) >= 11 is 11.8. The SMILES string of the molecule is O=C(NC(=S)Nc1cccc(Cl)c1N1CCOCC1)c1ccc(N2CCCCC2)c([N+](=O)[O-])c1. The van der Waals surface area contributed by atoms with Crippen LogP contribution in [-0.2, 0) is 4.74 Å². The van der Waals surface area contributed by atoms with Crippen molar-refractivity contribution in [2.24, 2.45) is 0 Å². The van der Waals surface area contributed by atoms with Gasteiger partial charge in [-0.05, 0) is 55.7 Å². The summed E-state index contributed by atoms with van der Waals surface area (Å²) in [6.07, 6.45) is 3.11. The summed E-state index contributed by atoms with van der Waals surface area (Å²) in [5.41, 5.74) is 2.06. The van der Waals surface area contributed by atoms with Crippen LogP contribution in [0.25, 0.3) is 0 Å². The maximum Gasteiger partial charge on any atom is 0.293 e. The number of amides is 1. The quantitative estimate of drug-likeness (QED) is 0.356. The molecule has 2 aromatic rings. The predicted octanol–water partition coefficient (Wildman–Crippen LogP) is 4.20. The Balaban J connectivity index is 1.48. The van der Waals surface area contributed by atoms with Crippen molar-refractivity contribution in [3.63, 3.8) is 0 Å². The zero-order chi connectivity index (χ0) is 24.1. The highest BCUT2D eigenvalue weighted by Crippen LogP contribution is 2.35. The summed E-state index contributed by atoms with van der Waals surface area (Å²) in [6.45, 7) is 4.10. The van der Waals surface area contributed by atoms with Gasteiger partial charge in [0.05, 0.1) is 34.5 Å². The van der Waals surface area contributed by atoms with Gasteiger partial charge >= 0.3 is 0 Å². The molecule has 1 amide bonds. The molecule has 2 aliphatic rings. The Morgan fingerprint density at radius 1 is 1.06 bits per heavy atom. The van der Waals surface area contributed by atoms with Crippen LogP contribution in [0.5, 0.6) is 0 Å². The monoisotopic (exact) mass is 503 g/mol. The summed E-state index contributed by atoms with van der Waals surface area (Å²) in [5, 5.41) is 18.0. The van der Waals surface area contributed by atoms with Crippen LogP contribution in [0.4, 0.5) is 22.7 Å².